The number of carbonyl (C=O) groups excluding carboxylic acids is 2. The van der Waals surface area contributed by atoms with Crippen molar-refractivity contribution in [3.05, 3.63) is 29.7 Å². The van der Waals surface area contributed by atoms with Crippen molar-refractivity contribution in [3.8, 4) is 0 Å². The van der Waals surface area contributed by atoms with E-state index in [1.54, 1.807) is 27.7 Å². The third kappa shape index (κ3) is 5.36. The molecule has 2 aromatic rings. The second-order valence-electron chi connectivity index (χ2n) is 11.5. The van der Waals surface area contributed by atoms with Gasteiger partial charge in [-0.2, -0.15) is 0 Å². The number of benzene rings is 1. The van der Waals surface area contributed by atoms with Gasteiger partial charge in [-0.1, -0.05) is 40.2 Å². The van der Waals surface area contributed by atoms with Gasteiger partial charge in [-0.25, -0.2) is 4.98 Å². The fourth-order valence-corrected chi connectivity index (χ4v) is 5.48. The van der Waals surface area contributed by atoms with E-state index in [2.05, 4.69) is 11.9 Å². The first kappa shape index (κ1) is 26.8. The number of Topliss-reactive ketones (excluding diaryl/α,β-unsaturated/α-hetero) is 1. The average molecular weight is 502 g/mol. The third-order valence-electron chi connectivity index (χ3n) is 8.30. The fraction of sp³-hybridized carbons (Fsp3) is 0.679. The van der Waals surface area contributed by atoms with Gasteiger partial charge in [0.2, 0.25) is 0 Å². The van der Waals surface area contributed by atoms with Crippen LogP contribution < -0.4 is 0 Å². The molecule has 2 fully saturated rings. The number of cyclic esters (lactones) is 1. The highest BCUT2D eigenvalue weighted by atomic mass is 16.6. The molecule has 36 heavy (non-hydrogen) atoms. The number of carbonyl (C=O) groups is 2. The Morgan fingerprint density at radius 1 is 1.11 bits per heavy atom. The largest absolute Gasteiger partial charge is 0.457 e. The van der Waals surface area contributed by atoms with Crippen molar-refractivity contribution >= 4 is 22.9 Å². The Morgan fingerprint density at radius 2 is 1.83 bits per heavy atom. The summed E-state index contributed by atoms with van der Waals surface area (Å²) in [5.41, 5.74) is 0.564. The van der Waals surface area contributed by atoms with E-state index in [1.165, 1.54) is 0 Å². The normalized spacial score (nSPS) is 36.3. The molecule has 2 aliphatic rings. The van der Waals surface area contributed by atoms with Crippen LogP contribution in [0.2, 0.25) is 0 Å². The standard InChI is InChI=1S/C28H39NO7/c1-15-8-7-11-28(6)23(36-28)13-21(18-9-10-20-19(12-18)29-17(3)34-20)35-24(31)14-22(30)27(4,5)26(33)16(2)25(15)32/h9-10,12,15-16,21-23,25,30,32H,7-8,11,13-14H2,1-6H3. The van der Waals surface area contributed by atoms with Gasteiger partial charge in [0, 0.05) is 19.3 Å². The van der Waals surface area contributed by atoms with Crippen LogP contribution in [0.25, 0.3) is 11.1 Å². The summed E-state index contributed by atoms with van der Waals surface area (Å²) < 4.78 is 17.6. The van der Waals surface area contributed by atoms with Crippen LogP contribution in [-0.2, 0) is 19.1 Å². The number of fused-ring (bicyclic) bond motifs is 2. The number of esters is 1. The van der Waals surface area contributed by atoms with Crippen molar-refractivity contribution in [1.29, 1.82) is 0 Å². The summed E-state index contributed by atoms with van der Waals surface area (Å²) in [5, 5.41) is 21.7. The van der Waals surface area contributed by atoms with Crippen LogP contribution in [0, 0.1) is 24.2 Å². The predicted molar refractivity (Wildman–Crippen MR) is 133 cm³/mol. The molecule has 0 aliphatic carbocycles. The van der Waals surface area contributed by atoms with E-state index in [-0.39, 0.29) is 29.8 Å². The van der Waals surface area contributed by atoms with Gasteiger partial charge < -0.3 is 24.1 Å². The molecule has 7 atom stereocenters. The maximum atomic E-state index is 13.2. The number of nitrogens with zero attached hydrogens (tertiary/aromatic N) is 1. The monoisotopic (exact) mass is 501 g/mol. The van der Waals surface area contributed by atoms with E-state index in [0.717, 1.165) is 24.8 Å². The van der Waals surface area contributed by atoms with Gasteiger partial charge in [-0.15, -0.1) is 0 Å². The highest BCUT2D eigenvalue weighted by Crippen LogP contribution is 2.46. The molecule has 2 N–H and O–H groups in total. The van der Waals surface area contributed by atoms with Crippen molar-refractivity contribution in [2.24, 2.45) is 17.3 Å². The number of epoxide rings is 1. The number of aliphatic hydroxyl groups excluding tert-OH is 2. The van der Waals surface area contributed by atoms with Crippen LogP contribution in [-0.4, -0.2) is 50.9 Å². The topological polar surface area (TPSA) is 122 Å². The summed E-state index contributed by atoms with van der Waals surface area (Å²) >= 11 is 0. The Kier molecular flexibility index (Phi) is 7.34. The molecule has 8 heteroatoms. The second-order valence-corrected chi connectivity index (χ2v) is 11.5. The number of oxazole rings is 1. The SMILES string of the molecule is Cc1nc2cc(C3CC4OC4(C)CCCC(C)C(O)C(C)C(=O)C(C)(C)C(O)CC(=O)O3)ccc2o1. The van der Waals surface area contributed by atoms with Crippen LogP contribution in [0.3, 0.4) is 0 Å². The fourth-order valence-electron chi connectivity index (χ4n) is 5.48. The average Bonchev–Trinajstić information content (AvgIpc) is 3.28. The van der Waals surface area contributed by atoms with Gasteiger partial charge in [0.05, 0.1) is 35.7 Å². The molecule has 0 saturated carbocycles. The van der Waals surface area contributed by atoms with Crippen molar-refractivity contribution in [3.63, 3.8) is 0 Å². The minimum absolute atomic E-state index is 0.0824. The molecule has 0 spiro atoms. The minimum atomic E-state index is -1.25. The summed E-state index contributed by atoms with van der Waals surface area (Å²) in [7, 11) is 0. The number of hydrogen-bond donors (Lipinski definition) is 2. The number of ketones is 1. The zero-order chi connectivity index (χ0) is 26.4. The molecule has 4 rings (SSSR count). The van der Waals surface area contributed by atoms with Crippen LogP contribution in [0.1, 0.15) is 84.3 Å². The highest BCUT2D eigenvalue weighted by molar-refractivity contribution is 5.88. The zero-order valence-corrected chi connectivity index (χ0v) is 22.1. The molecule has 2 saturated heterocycles. The van der Waals surface area contributed by atoms with E-state index in [1.807, 2.05) is 25.1 Å². The Balaban J connectivity index is 1.61. The maximum Gasteiger partial charge on any atom is 0.309 e. The molecule has 198 valence electrons. The number of aromatic nitrogens is 1. The smallest absolute Gasteiger partial charge is 0.309 e. The molecule has 8 nitrogen and oxygen atoms in total. The molecule has 7 unspecified atom stereocenters. The Bertz CT molecular complexity index is 1120. The van der Waals surface area contributed by atoms with E-state index < -0.39 is 35.6 Å². The van der Waals surface area contributed by atoms with Gasteiger partial charge in [0.25, 0.3) is 0 Å². The minimum Gasteiger partial charge on any atom is -0.457 e. The Hall–Kier alpha value is -2.29. The molecule has 1 aromatic heterocycles. The molecule has 0 radical (unpaired) electrons. The second kappa shape index (κ2) is 9.88. The zero-order valence-electron chi connectivity index (χ0n) is 22.1. The lowest BCUT2D eigenvalue weighted by atomic mass is 9.73. The first-order valence-electron chi connectivity index (χ1n) is 13.0. The molecule has 3 heterocycles. The highest BCUT2D eigenvalue weighted by Gasteiger charge is 2.53. The molecule has 0 amide bonds. The predicted octanol–water partition coefficient (Wildman–Crippen LogP) is 4.43. The van der Waals surface area contributed by atoms with Gasteiger partial charge in [-0.3, -0.25) is 9.59 Å². The van der Waals surface area contributed by atoms with E-state index >= 15 is 0 Å². The van der Waals surface area contributed by atoms with Gasteiger partial charge >= 0.3 is 5.97 Å². The molecular weight excluding hydrogens is 462 g/mol. The Labute approximate surface area is 212 Å². The number of rotatable bonds is 1. The first-order valence-corrected chi connectivity index (χ1v) is 13.0. The summed E-state index contributed by atoms with van der Waals surface area (Å²) in [6.45, 7) is 10.7. The summed E-state index contributed by atoms with van der Waals surface area (Å²) in [4.78, 5) is 30.7. The van der Waals surface area contributed by atoms with Gasteiger partial charge in [0.1, 0.15) is 17.4 Å². The van der Waals surface area contributed by atoms with Crippen LogP contribution >= 0.6 is 0 Å². The number of aryl methyl sites for hydroxylation is 1. The maximum absolute atomic E-state index is 13.2. The van der Waals surface area contributed by atoms with Crippen molar-refractivity contribution in [2.45, 2.75) is 104 Å². The van der Waals surface area contributed by atoms with Crippen LogP contribution in [0.5, 0.6) is 0 Å². The molecule has 0 bridgehead atoms. The third-order valence-corrected chi connectivity index (χ3v) is 8.30. The van der Waals surface area contributed by atoms with Crippen molar-refractivity contribution in [2.75, 3.05) is 0 Å². The van der Waals surface area contributed by atoms with Crippen LogP contribution in [0.4, 0.5) is 0 Å². The van der Waals surface area contributed by atoms with Crippen molar-refractivity contribution in [1.82, 2.24) is 4.98 Å². The molecule has 2 aliphatic heterocycles. The van der Waals surface area contributed by atoms with Crippen LogP contribution in [0.15, 0.2) is 22.6 Å². The van der Waals surface area contributed by atoms with E-state index in [4.69, 9.17) is 13.9 Å². The van der Waals surface area contributed by atoms with E-state index in [0.29, 0.717) is 23.4 Å². The number of ether oxygens (including phenoxy) is 2. The Morgan fingerprint density at radius 3 is 2.56 bits per heavy atom. The van der Waals surface area contributed by atoms with Crippen molar-refractivity contribution < 1.29 is 33.7 Å². The first-order chi connectivity index (χ1) is 16.8. The lowest BCUT2D eigenvalue weighted by Crippen LogP contribution is -2.45. The van der Waals surface area contributed by atoms with Gasteiger partial charge in [0.15, 0.2) is 11.5 Å². The number of hydrogen-bond acceptors (Lipinski definition) is 8. The number of aliphatic hydroxyl groups is 2. The lowest BCUT2D eigenvalue weighted by Gasteiger charge is -2.34. The summed E-state index contributed by atoms with van der Waals surface area (Å²) in [6, 6.07) is 5.53. The van der Waals surface area contributed by atoms with E-state index in [9.17, 15) is 19.8 Å². The lowest BCUT2D eigenvalue weighted by molar-refractivity contribution is -0.156. The quantitative estimate of drug-likeness (QED) is 0.435. The summed E-state index contributed by atoms with van der Waals surface area (Å²) in [6.07, 6.45) is -0.208. The molecule has 1 aromatic carbocycles. The molecular formula is C28H39NO7. The van der Waals surface area contributed by atoms with Gasteiger partial charge in [-0.05, 0) is 43.4 Å². The summed E-state index contributed by atoms with van der Waals surface area (Å²) in [5.74, 6) is -1.06.